The normalized spacial score (nSPS) is 37.2. The highest BCUT2D eigenvalue weighted by molar-refractivity contribution is 5.87. The van der Waals surface area contributed by atoms with Crippen molar-refractivity contribution in [3.63, 3.8) is 0 Å². The Balaban J connectivity index is 0.000000117. The molecular weight excluding hydrogens is 955 g/mol. The van der Waals surface area contributed by atoms with E-state index in [2.05, 4.69) is 50.2 Å². The summed E-state index contributed by atoms with van der Waals surface area (Å²) in [5, 5.41) is 90.9. The number of aryl methyl sites for hydroxylation is 3. The molecule has 6 saturated carbocycles. The fourth-order valence-electron chi connectivity index (χ4n) is 17.8. The summed E-state index contributed by atoms with van der Waals surface area (Å²) in [6.07, 6.45) is 21.2. The monoisotopic (exact) mass is 1040 g/mol. The lowest BCUT2D eigenvalue weighted by molar-refractivity contribution is -0.129. The Kier molecular flexibility index (Phi) is 15.0. The maximum atomic E-state index is 12.3. The number of benzene rings is 4. The van der Waals surface area contributed by atoms with Crippen LogP contribution >= 0.6 is 0 Å². The van der Waals surface area contributed by atoms with Crippen LogP contribution in [0.2, 0.25) is 0 Å². The number of fused-ring (bicyclic) bond motifs is 15. The number of hydrogen-bond donors (Lipinski definition) is 10. The van der Waals surface area contributed by atoms with Crippen LogP contribution in [0.15, 0.2) is 72.8 Å². The van der Waals surface area contributed by atoms with Crippen molar-refractivity contribution >= 4 is 5.78 Å². The second kappa shape index (κ2) is 20.9. The Morgan fingerprint density at radius 3 is 1.64 bits per heavy atom. The average molecular weight is 1040 g/mol. The Morgan fingerprint density at radius 1 is 0.605 bits per heavy atom. The molecule has 0 radical (unpaired) electrons. The first-order valence-corrected chi connectivity index (χ1v) is 28.6. The number of nitrogens with one attached hydrogen (secondary N) is 1. The van der Waals surface area contributed by atoms with E-state index >= 15 is 0 Å². The van der Waals surface area contributed by atoms with Gasteiger partial charge in [-0.3, -0.25) is 4.79 Å². The van der Waals surface area contributed by atoms with Crippen molar-refractivity contribution in [2.45, 2.75) is 172 Å². The molecule has 10 N–H and O–H groups in total. The molecule has 408 valence electrons. The molecule has 9 aliphatic rings. The quantitative estimate of drug-likeness (QED) is 0.0689. The summed E-state index contributed by atoms with van der Waals surface area (Å²) in [4.78, 5) is 12.3. The summed E-state index contributed by atoms with van der Waals surface area (Å²) >= 11 is 0. The van der Waals surface area contributed by atoms with E-state index in [0.29, 0.717) is 88.4 Å². The van der Waals surface area contributed by atoms with Crippen LogP contribution in [-0.2, 0) is 24.1 Å². The number of aliphatic hydroxyl groups excluding tert-OH is 3. The van der Waals surface area contributed by atoms with Crippen LogP contribution in [-0.4, -0.2) is 83.1 Å². The first-order chi connectivity index (χ1) is 36.2. The van der Waals surface area contributed by atoms with Gasteiger partial charge in [0.25, 0.3) is 0 Å². The number of ketones is 1. The maximum Gasteiger partial charge on any atom is 0.157 e. The molecule has 4 aromatic rings. The number of phenolic OH excluding ortho intramolecular Hbond substituents is 5. The molecule has 0 unspecified atom stereocenters. The van der Waals surface area contributed by atoms with E-state index in [1.54, 1.807) is 19.2 Å². The molecule has 0 amide bonds. The second-order valence-electron chi connectivity index (χ2n) is 25.4. The van der Waals surface area contributed by atoms with Crippen LogP contribution in [0.3, 0.4) is 0 Å². The highest BCUT2D eigenvalue weighted by Gasteiger charge is 2.62. The molecule has 4 aromatic carbocycles. The van der Waals surface area contributed by atoms with Crippen LogP contribution in [0.5, 0.6) is 28.7 Å². The number of hydrogen-bond acceptors (Lipinski definition) is 11. The van der Waals surface area contributed by atoms with Crippen molar-refractivity contribution in [3.05, 3.63) is 112 Å². The van der Waals surface area contributed by atoms with Gasteiger partial charge >= 0.3 is 0 Å². The third-order valence-electron chi connectivity index (χ3n) is 22.0. The van der Waals surface area contributed by atoms with Crippen molar-refractivity contribution in [2.24, 2.45) is 51.8 Å². The minimum absolute atomic E-state index is 0.0322. The molecule has 9 aliphatic carbocycles. The van der Waals surface area contributed by atoms with Crippen LogP contribution in [0.4, 0.5) is 0 Å². The van der Waals surface area contributed by atoms with Gasteiger partial charge in [-0.1, -0.05) is 51.0 Å². The lowest BCUT2D eigenvalue weighted by atomic mass is 9.53. The number of Topliss-reactive ketones (excluding diaryl/α,β-unsaturated/α-hetero) is 1. The molecule has 0 aromatic heterocycles. The molecule has 13 rings (SSSR count). The van der Waals surface area contributed by atoms with Gasteiger partial charge in [0.05, 0.1) is 18.3 Å². The van der Waals surface area contributed by atoms with Gasteiger partial charge in [-0.25, -0.2) is 0 Å². The van der Waals surface area contributed by atoms with Gasteiger partial charge in [-0.2, -0.15) is 0 Å². The molecule has 0 aliphatic heterocycles. The Hall–Kier alpha value is -5.09. The molecule has 76 heavy (non-hydrogen) atoms. The third-order valence-corrected chi connectivity index (χ3v) is 22.0. The van der Waals surface area contributed by atoms with Gasteiger partial charge in [0.1, 0.15) is 28.6 Å². The number of aromatic hydroxyl groups is 5. The number of likely N-dealkylation sites (N-methyl/N-ethyl adjacent to an activating group) is 1. The van der Waals surface area contributed by atoms with Crippen LogP contribution in [0, 0.1) is 64.1 Å². The first-order valence-electron chi connectivity index (χ1n) is 28.6. The SMILES string of the molecule is C#C[C@]1(O)CC[C@H]2[C@@H]3CCc4cc(O)ccc4[C@H]3CC[C@@]21C.CNC[C@H](O)c1ccc(O)c(O)c1.C[C@]12CC[C@@H]3c4ccc(O)cc4CC[C@H]3[C@@H]1CCC2=O.C[C@]12CC[C@@H]3c4ccc(O)cc4CC[C@H]3[C@@H]1C[C@@H](O)[C@@H]2O. The summed E-state index contributed by atoms with van der Waals surface area (Å²) < 4.78 is 0. The number of phenols is 5. The number of rotatable bonds is 3. The minimum Gasteiger partial charge on any atom is -0.508 e. The van der Waals surface area contributed by atoms with Crippen molar-refractivity contribution in [2.75, 3.05) is 13.6 Å². The maximum absolute atomic E-state index is 12.3. The predicted octanol–water partition coefficient (Wildman–Crippen LogP) is 10.4. The Bertz CT molecular complexity index is 2840. The van der Waals surface area contributed by atoms with E-state index in [4.69, 9.17) is 16.6 Å². The van der Waals surface area contributed by atoms with Crippen molar-refractivity contribution in [1.29, 1.82) is 0 Å². The van der Waals surface area contributed by atoms with E-state index < -0.39 is 23.9 Å². The third kappa shape index (κ3) is 9.40. The Labute approximate surface area is 449 Å². The average Bonchev–Trinajstić information content (AvgIpc) is 3.99. The van der Waals surface area contributed by atoms with E-state index in [1.165, 1.54) is 51.9 Å². The van der Waals surface area contributed by atoms with Gasteiger partial charge in [0.2, 0.25) is 0 Å². The first kappa shape index (κ1) is 54.3. The molecule has 0 saturated heterocycles. The summed E-state index contributed by atoms with van der Waals surface area (Å²) in [6, 6.07) is 21.8. The van der Waals surface area contributed by atoms with Crippen molar-refractivity contribution < 1.29 is 50.8 Å². The van der Waals surface area contributed by atoms with Crippen LogP contribution < -0.4 is 5.32 Å². The lowest BCUT2D eigenvalue weighted by Gasteiger charge is -2.52. The van der Waals surface area contributed by atoms with Gasteiger partial charge in [0, 0.05) is 23.8 Å². The zero-order chi connectivity index (χ0) is 54.1. The van der Waals surface area contributed by atoms with E-state index in [-0.39, 0.29) is 27.7 Å². The molecule has 0 bridgehead atoms. The van der Waals surface area contributed by atoms with Gasteiger partial charge in [-0.05, 0) is 256 Å². The molecule has 0 heterocycles. The zero-order valence-electron chi connectivity index (χ0n) is 45.1. The fraction of sp³-hybridized carbons (Fsp3) is 0.585. The molecule has 6 fully saturated rings. The van der Waals surface area contributed by atoms with E-state index in [9.17, 15) is 40.5 Å². The fourth-order valence-corrected chi connectivity index (χ4v) is 17.8. The molecule has 11 heteroatoms. The highest BCUT2D eigenvalue weighted by Crippen LogP contribution is 2.65. The molecular formula is C65H83NO10. The number of terminal acetylenes is 1. The number of carbonyl (C=O) groups excluding carboxylic acids is 1. The van der Waals surface area contributed by atoms with E-state index in [0.717, 1.165) is 103 Å². The standard InChI is InChI=1S/C20H24O2.C18H24O3.C18H22O2.C9H13NO3/c1-3-20(22)11-9-18-17-6-4-13-12-14(21)5-7-15(13)16(17)8-10-19(18,20)2;1-18-7-6-13-12-5-3-11(19)8-10(12)2-4-14(13)15(18)9-16(20)17(18)21;1-18-9-8-14-13-5-3-12(19)10-11(13)2-4-15(14)16(18)6-7-17(18)20;1-10-5-9(13)6-2-3-7(11)8(12)4-6/h1,5,7,12,16-18,21-22H,4,6,8-11H2,2H3;3,5,8,13-17,19-21H,2,4,6-7,9H2,1H3;3,5,10,14-16,19H,2,4,6-9H2,1H3;2-4,9-13H,5H2,1H3/t16-,17-,18+,19+,20+;13-,14-,15+,16-,17+,18+;14-,15-,16+,18+;9-/m1110/s1. The topological polar surface area (TPSA) is 211 Å². The minimum atomic E-state index is -0.919. The summed E-state index contributed by atoms with van der Waals surface area (Å²) in [5.74, 6) is 9.08. The predicted molar refractivity (Wildman–Crippen MR) is 293 cm³/mol. The number of aliphatic hydroxyl groups is 4. The van der Waals surface area contributed by atoms with Gasteiger partial charge in [-0.15, -0.1) is 6.42 Å². The molecule has 11 nitrogen and oxygen atoms in total. The highest BCUT2D eigenvalue weighted by atomic mass is 16.3. The summed E-state index contributed by atoms with van der Waals surface area (Å²) in [5.41, 5.74) is 7.58. The van der Waals surface area contributed by atoms with Crippen LogP contribution in [0.1, 0.15) is 173 Å². The Morgan fingerprint density at radius 2 is 1.12 bits per heavy atom. The zero-order valence-corrected chi connectivity index (χ0v) is 45.1. The van der Waals surface area contributed by atoms with E-state index in [1.807, 2.05) is 30.3 Å². The van der Waals surface area contributed by atoms with Crippen molar-refractivity contribution in [1.82, 2.24) is 5.32 Å². The van der Waals surface area contributed by atoms with Gasteiger partial charge < -0.3 is 51.3 Å². The van der Waals surface area contributed by atoms with Crippen molar-refractivity contribution in [3.8, 4) is 41.1 Å². The number of carbonyl (C=O) groups is 1. The van der Waals surface area contributed by atoms with Crippen LogP contribution in [0.25, 0.3) is 0 Å². The molecule has 0 spiro atoms. The largest absolute Gasteiger partial charge is 0.508 e. The van der Waals surface area contributed by atoms with Gasteiger partial charge in [0.15, 0.2) is 11.5 Å². The second-order valence-corrected chi connectivity index (χ2v) is 25.4. The summed E-state index contributed by atoms with van der Waals surface area (Å²) in [6.45, 7) is 7.01. The smallest absolute Gasteiger partial charge is 0.157 e. The lowest BCUT2D eigenvalue weighted by Crippen LogP contribution is -2.50. The molecule has 16 atom stereocenters. The summed E-state index contributed by atoms with van der Waals surface area (Å²) in [7, 11) is 1.73.